The van der Waals surface area contributed by atoms with Crippen molar-refractivity contribution in [1.29, 1.82) is 5.26 Å². The number of nitrogens with zero attached hydrogens (tertiary/aromatic N) is 2. The highest BCUT2D eigenvalue weighted by atomic mass is 16.5. The van der Waals surface area contributed by atoms with Gasteiger partial charge in [0, 0.05) is 0 Å². The maximum atomic E-state index is 11.7. The first-order valence-electron chi connectivity index (χ1n) is 7.58. The molecule has 0 bridgehead atoms. The first kappa shape index (κ1) is 17.2. The summed E-state index contributed by atoms with van der Waals surface area (Å²) in [7, 11) is 2.70. The lowest BCUT2D eigenvalue weighted by atomic mass is 9.83. The molecular formula is C17H16N4O5. The van der Waals surface area contributed by atoms with Crippen LogP contribution in [0.3, 0.4) is 0 Å². The number of hydrogen-bond donors (Lipinski definition) is 3. The number of aromatic amines is 1. The number of nitriles is 1. The van der Waals surface area contributed by atoms with Gasteiger partial charge in [-0.1, -0.05) is 6.07 Å². The van der Waals surface area contributed by atoms with Crippen molar-refractivity contribution < 1.29 is 24.1 Å². The van der Waals surface area contributed by atoms with Crippen molar-refractivity contribution in [2.24, 2.45) is 5.73 Å². The van der Waals surface area contributed by atoms with Crippen LogP contribution in [0.4, 0.5) is 0 Å². The first-order chi connectivity index (χ1) is 12.5. The van der Waals surface area contributed by atoms with Crippen LogP contribution in [0.25, 0.3) is 0 Å². The van der Waals surface area contributed by atoms with Gasteiger partial charge in [0.1, 0.15) is 11.6 Å². The van der Waals surface area contributed by atoms with Gasteiger partial charge in [0.05, 0.1) is 37.8 Å². The predicted molar refractivity (Wildman–Crippen MR) is 88.3 cm³/mol. The number of methoxy groups -OCH3 is 2. The number of benzene rings is 1. The largest absolute Gasteiger partial charge is 0.504 e. The highest BCUT2D eigenvalue weighted by molar-refractivity contribution is 5.73. The molecule has 0 fully saturated rings. The van der Waals surface area contributed by atoms with E-state index in [9.17, 15) is 15.2 Å². The number of esters is 1. The van der Waals surface area contributed by atoms with Gasteiger partial charge in [-0.2, -0.15) is 5.26 Å². The number of hydrogen-bond acceptors (Lipinski definition) is 8. The van der Waals surface area contributed by atoms with E-state index in [1.54, 1.807) is 12.1 Å². The third-order valence-corrected chi connectivity index (χ3v) is 4.10. The van der Waals surface area contributed by atoms with Crippen molar-refractivity contribution in [3.63, 3.8) is 0 Å². The zero-order valence-corrected chi connectivity index (χ0v) is 14.1. The molecule has 0 unspecified atom stereocenters. The SMILES string of the molecule is COC(=O)Cc1[nH]nc2c1[C@@H](c1ccc(O)c(OC)c1)C(C#N)=C(N)O2. The first-order valence-corrected chi connectivity index (χ1v) is 7.58. The molecule has 2 heterocycles. The van der Waals surface area contributed by atoms with Crippen LogP contribution >= 0.6 is 0 Å². The molecule has 3 rings (SSSR count). The molecule has 0 aliphatic carbocycles. The monoisotopic (exact) mass is 356 g/mol. The number of rotatable bonds is 4. The number of nitrogens with two attached hydrogens (primary N) is 1. The lowest BCUT2D eigenvalue weighted by Gasteiger charge is -2.24. The van der Waals surface area contributed by atoms with Gasteiger partial charge in [-0.3, -0.25) is 9.89 Å². The van der Waals surface area contributed by atoms with E-state index in [-0.39, 0.29) is 35.3 Å². The summed E-state index contributed by atoms with van der Waals surface area (Å²) in [6.45, 7) is 0. The number of nitrogens with one attached hydrogen (secondary N) is 1. The highest BCUT2D eigenvalue weighted by Crippen LogP contribution is 2.44. The average Bonchev–Trinajstić information content (AvgIpc) is 3.03. The molecule has 26 heavy (non-hydrogen) atoms. The molecule has 1 atom stereocenters. The van der Waals surface area contributed by atoms with Gasteiger partial charge in [-0.05, 0) is 17.7 Å². The molecular weight excluding hydrogens is 340 g/mol. The van der Waals surface area contributed by atoms with Gasteiger partial charge >= 0.3 is 5.97 Å². The summed E-state index contributed by atoms with van der Waals surface area (Å²) in [6, 6.07) is 6.73. The van der Waals surface area contributed by atoms with Crippen molar-refractivity contribution in [3.05, 3.63) is 46.5 Å². The maximum Gasteiger partial charge on any atom is 0.311 e. The van der Waals surface area contributed by atoms with Crippen LogP contribution in [0, 0.1) is 11.3 Å². The minimum atomic E-state index is -0.642. The molecule has 0 spiro atoms. The van der Waals surface area contributed by atoms with Crippen LogP contribution in [0.2, 0.25) is 0 Å². The van der Waals surface area contributed by atoms with Crippen molar-refractivity contribution in [3.8, 4) is 23.4 Å². The molecule has 4 N–H and O–H groups in total. The summed E-state index contributed by atoms with van der Waals surface area (Å²) in [6.07, 6.45) is -0.0769. The second kappa shape index (κ2) is 6.68. The van der Waals surface area contributed by atoms with E-state index in [1.807, 2.05) is 6.07 Å². The van der Waals surface area contributed by atoms with Gasteiger partial charge in [0.2, 0.25) is 11.8 Å². The number of ether oxygens (including phenoxy) is 3. The lowest BCUT2D eigenvalue weighted by Crippen LogP contribution is -2.22. The van der Waals surface area contributed by atoms with Gasteiger partial charge in [0.25, 0.3) is 0 Å². The molecule has 0 amide bonds. The fraction of sp³-hybridized carbons (Fsp3) is 0.235. The minimum Gasteiger partial charge on any atom is -0.504 e. The maximum absolute atomic E-state index is 11.7. The molecule has 9 heteroatoms. The molecule has 1 aromatic carbocycles. The quantitative estimate of drug-likeness (QED) is 0.690. The molecule has 0 radical (unpaired) electrons. The topological polar surface area (TPSA) is 143 Å². The standard InChI is InChI=1S/C17H16N4O5/c1-24-12-5-8(3-4-11(12)22)14-9(7-18)16(19)26-17-15(14)10(20-21-17)6-13(23)25-2/h3-5,14,22H,6,19H2,1-2H3,(H,20,21)/t14-/m0/s1. The number of phenols is 1. The smallest absolute Gasteiger partial charge is 0.311 e. The summed E-state index contributed by atoms with van der Waals surface area (Å²) in [5, 5.41) is 26.2. The van der Waals surface area contributed by atoms with Gasteiger partial charge in [-0.25, -0.2) is 0 Å². The van der Waals surface area contributed by atoms with Crippen molar-refractivity contribution in [1.82, 2.24) is 10.2 Å². The summed E-state index contributed by atoms with van der Waals surface area (Å²) in [5.41, 5.74) is 7.62. The van der Waals surface area contributed by atoms with Crippen molar-refractivity contribution in [2.45, 2.75) is 12.3 Å². The third kappa shape index (κ3) is 2.77. The second-order valence-corrected chi connectivity index (χ2v) is 5.53. The zero-order chi connectivity index (χ0) is 18.8. The van der Waals surface area contributed by atoms with Crippen molar-refractivity contribution >= 4 is 5.97 Å². The Kier molecular flexibility index (Phi) is 4.41. The van der Waals surface area contributed by atoms with Crippen LogP contribution in [0.5, 0.6) is 17.4 Å². The van der Waals surface area contributed by atoms with Crippen molar-refractivity contribution in [2.75, 3.05) is 14.2 Å². The summed E-state index contributed by atoms with van der Waals surface area (Å²) >= 11 is 0. The second-order valence-electron chi connectivity index (χ2n) is 5.53. The van der Waals surface area contributed by atoms with E-state index < -0.39 is 11.9 Å². The Morgan fingerprint density at radius 3 is 2.92 bits per heavy atom. The molecule has 0 saturated heterocycles. The molecule has 9 nitrogen and oxygen atoms in total. The molecule has 2 aromatic rings. The van der Waals surface area contributed by atoms with Crippen LogP contribution in [-0.2, 0) is 16.0 Å². The summed E-state index contributed by atoms with van der Waals surface area (Å²) in [5.74, 6) is -0.813. The fourth-order valence-electron chi connectivity index (χ4n) is 2.87. The Labute approximate surface area is 148 Å². The minimum absolute atomic E-state index is 0.0408. The highest BCUT2D eigenvalue weighted by Gasteiger charge is 2.36. The van der Waals surface area contributed by atoms with E-state index >= 15 is 0 Å². The van der Waals surface area contributed by atoms with E-state index in [2.05, 4.69) is 10.2 Å². The number of aromatic nitrogens is 2. The number of aromatic hydroxyl groups is 1. The van der Waals surface area contributed by atoms with Gasteiger partial charge < -0.3 is 25.1 Å². The number of carbonyl (C=O) groups excluding carboxylic acids is 1. The van der Waals surface area contributed by atoms with Crippen LogP contribution < -0.4 is 15.2 Å². The normalized spacial score (nSPS) is 15.7. The molecule has 1 aliphatic heterocycles. The van der Waals surface area contributed by atoms with Crippen LogP contribution in [-0.4, -0.2) is 35.5 Å². The van der Waals surface area contributed by atoms with E-state index in [1.165, 1.54) is 20.3 Å². The number of H-pyrrole nitrogens is 1. The Bertz CT molecular complexity index is 941. The van der Waals surface area contributed by atoms with Gasteiger partial charge in [0.15, 0.2) is 11.5 Å². The summed E-state index contributed by atoms with van der Waals surface area (Å²) in [4.78, 5) is 11.7. The predicted octanol–water partition coefficient (Wildman–Crippen LogP) is 1.06. The number of phenolic OH excluding ortho intramolecular Hbond substituents is 1. The molecule has 1 aromatic heterocycles. The number of carbonyl (C=O) groups is 1. The Morgan fingerprint density at radius 1 is 1.50 bits per heavy atom. The van der Waals surface area contributed by atoms with E-state index in [0.717, 1.165) is 0 Å². The lowest BCUT2D eigenvalue weighted by molar-refractivity contribution is -0.139. The van der Waals surface area contributed by atoms with E-state index in [4.69, 9.17) is 19.9 Å². The molecule has 134 valence electrons. The van der Waals surface area contributed by atoms with Gasteiger partial charge in [-0.15, -0.1) is 5.10 Å². The third-order valence-electron chi connectivity index (χ3n) is 4.10. The molecule has 1 aliphatic rings. The Morgan fingerprint density at radius 2 is 2.27 bits per heavy atom. The number of allylic oxidation sites excluding steroid dienone is 1. The van der Waals surface area contributed by atoms with E-state index in [0.29, 0.717) is 16.8 Å². The van der Waals surface area contributed by atoms with Crippen LogP contribution in [0.1, 0.15) is 22.7 Å². The Hall–Kier alpha value is -3.67. The molecule has 0 saturated carbocycles. The summed E-state index contributed by atoms with van der Waals surface area (Å²) < 4.78 is 15.3. The fourth-order valence-corrected chi connectivity index (χ4v) is 2.87. The number of fused-ring (bicyclic) bond motifs is 1. The zero-order valence-electron chi connectivity index (χ0n) is 14.1. The Balaban J connectivity index is 2.18. The average molecular weight is 356 g/mol. The van der Waals surface area contributed by atoms with Crippen LogP contribution in [0.15, 0.2) is 29.7 Å².